The molecule has 30 heavy (non-hydrogen) atoms. The van der Waals surface area contributed by atoms with Crippen LogP contribution >= 0.6 is 0 Å². The normalized spacial score (nSPS) is 20.9. The van der Waals surface area contributed by atoms with E-state index in [0.717, 1.165) is 49.1 Å². The maximum atomic E-state index is 10.1. The van der Waals surface area contributed by atoms with Crippen molar-refractivity contribution in [1.29, 1.82) is 0 Å². The van der Waals surface area contributed by atoms with Gasteiger partial charge in [0.2, 0.25) is 5.95 Å². The van der Waals surface area contributed by atoms with Crippen LogP contribution in [0.3, 0.4) is 0 Å². The fourth-order valence-electron chi connectivity index (χ4n) is 3.86. The Morgan fingerprint density at radius 1 is 1.27 bits per heavy atom. The first-order valence-corrected chi connectivity index (χ1v) is 10.3. The molecule has 0 unspecified atom stereocenters. The summed E-state index contributed by atoms with van der Waals surface area (Å²) in [5, 5.41) is 22.1. The number of benzene rings is 1. The van der Waals surface area contributed by atoms with Gasteiger partial charge in [-0.1, -0.05) is 25.5 Å². The van der Waals surface area contributed by atoms with Crippen LogP contribution in [-0.4, -0.2) is 52.6 Å². The molecule has 1 aliphatic rings. The molecular weight excluding hydrogens is 384 g/mol. The summed E-state index contributed by atoms with van der Waals surface area (Å²) in [5.41, 5.74) is 8.10. The van der Waals surface area contributed by atoms with Crippen molar-refractivity contribution < 1.29 is 15.0 Å². The average Bonchev–Trinajstić information content (AvgIpc) is 3.34. The molecule has 9 nitrogen and oxygen atoms in total. The molecule has 0 saturated heterocycles. The van der Waals surface area contributed by atoms with Gasteiger partial charge in [-0.3, -0.25) is 4.79 Å². The molecule has 3 atom stereocenters. The van der Waals surface area contributed by atoms with E-state index in [-0.39, 0.29) is 12.0 Å². The van der Waals surface area contributed by atoms with Gasteiger partial charge in [-0.05, 0) is 38.3 Å². The van der Waals surface area contributed by atoms with Crippen LogP contribution in [0.4, 0.5) is 0 Å². The second kappa shape index (κ2) is 9.36. The molecule has 0 amide bonds. The zero-order valence-corrected chi connectivity index (χ0v) is 17.7. The van der Waals surface area contributed by atoms with E-state index in [9.17, 15) is 5.11 Å². The van der Waals surface area contributed by atoms with Crippen LogP contribution in [-0.2, 0) is 11.3 Å². The lowest BCUT2D eigenvalue weighted by Gasteiger charge is -2.13. The van der Waals surface area contributed by atoms with Crippen molar-refractivity contribution in [1.82, 2.24) is 24.3 Å². The number of nitrogens with zero attached hydrogens (tertiary/aromatic N) is 5. The number of hydrogen-bond donors (Lipinski definition) is 3. The van der Waals surface area contributed by atoms with Gasteiger partial charge in [0.25, 0.3) is 5.97 Å². The highest BCUT2D eigenvalue weighted by molar-refractivity contribution is 5.77. The van der Waals surface area contributed by atoms with Crippen molar-refractivity contribution in [3.63, 3.8) is 0 Å². The first-order valence-electron chi connectivity index (χ1n) is 10.3. The minimum absolute atomic E-state index is 0.0978. The van der Waals surface area contributed by atoms with E-state index in [4.69, 9.17) is 20.6 Å². The van der Waals surface area contributed by atoms with Gasteiger partial charge in [-0.25, -0.2) is 9.97 Å². The summed E-state index contributed by atoms with van der Waals surface area (Å²) in [5.74, 6) is 1.62. The number of imidazole rings is 1. The van der Waals surface area contributed by atoms with E-state index in [2.05, 4.69) is 27.6 Å². The third-order valence-corrected chi connectivity index (χ3v) is 5.24. The lowest BCUT2D eigenvalue weighted by Crippen LogP contribution is -2.28. The number of carboxylic acid groups (broad SMARTS) is 1. The van der Waals surface area contributed by atoms with Crippen molar-refractivity contribution in [2.45, 2.75) is 71.1 Å². The third kappa shape index (κ3) is 4.68. The molecule has 0 spiro atoms. The number of hydrogen-bond acceptors (Lipinski definition) is 6. The zero-order chi connectivity index (χ0) is 21.8. The molecule has 4 rings (SSSR count). The third-order valence-electron chi connectivity index (χ3n) is 5.24. The standard InChI is InChI=1S/C19H26N6O.C2H4O2/c1-3-4-9-24-16-8-6-5-7-15(16)22-19(24)25-18(21-12(2)23-25)13-10-14(20)17(26)11-13;1-2(3)4/h5-8,13-14,17,26H,3-4,9-11,20H2,1-2H3;1H3,(H,3,4)/t13-,14+,17+;/m0./s1. The molecular formula is C21H30N6O3. The maximum Gasteiger partial charge on any atom is 0.300 e. The van der Waals surface area contributed by atoms with E-state index in [1.54, 1.807) is 0 Å². The first-order chi connectivity index (χ1) is 14.3. The quantitative estimate of drug-likeness (QED) is 0.584. The lowest BCUT2D eigenvalue weighted by molar-refractivity contribution is -0.134. The van der Waals surface area contributed by atoms with E-state index in [0.29, 0.717) is 18.7 Å². The lowest BCUT2D eigenvalue weighted by atomic mass is 10.1. The SMILES string of the molecule is CC(=O)O.CCCCn1c(-n2nc(C)nc2[C@H]2C[C@@H](N)[C@H](O)C2)nc2ccccc21. The number of nitrogens with two attached hydrogens (primary N) is 1. The number of aromatic nitrogens is 5. The van der Waals surface area contributed by atoms with Gasteiger partial charge in [0.15, 0.2) is 0 Å². The van der Waals surface area contributed by atoms with Gasteiger partial charge < -0.3 is 20.5 Å². The predicted octanol–water partition coefficient (Wildman–Crippen LogP) is 2.38. The van der Waals surface area contributed by atoms with Gasteiger partial charge in [0.05, 0.1) is 17.1 Å². The van der Waals surface area contributed by atoms with Crippen molar-refractivity contribution in [2.24, 2.45) is 5.73 Å². The molecule has 3 aromatic rings. The van der Waals surface area contributed by atoms with E-state index in [1.807, 2.05) is 29.8 Å². The van der Waals surface area contributed by atoms with Gasteiger partial charge in [-0.2, -0.15) is 4.68 Å². The van der Waals surface area contributed by atoms with Gasteiger partial charge in [0.1, 0.15) is 11.6 Å². The van der Waals surface area contributed by atoms with E-state index in [1.165, 1.54) is 0 Å². The second-order valence-corrected chi connectivity index (χ2v) is 7.75. The smallest absolute Gasteiger partial charge is 0.300 e. The number of carbonyl (C=O) groups is 1. The Morgan fingerprint density at radius 2 is 1.97 bits per heavy atom. The maximum absolute atomic E-state index is 10.1. The first kappa shape index (κ1) is 21.9. The molecule has 2 heterocycles. The highest BCUT2D eigenvalue weighted by Gasteiger charge is 2.35. The molecule has 162 valence electrons. The molecule has 9 heteroatoms. The Bertz CT molecular complexity index is 998. The van der Waals surface area contributed by atoms with Gasteiger partial charge in [0, 0.05) is 25.4 Å². The summed E-state index contributed by atoms with van der Waals surface area (Å²) in [4.78, 5) is 18.5. The predicted molar refractivity (Wildman–Crippen MR) is 114 cm³/mol. The summed E-state index contributed by atoms with van der Waals surface area (Å²) in [6.45, 7) is 6.05. The number of aliphatic carboxylic acids is 1. The largest absolute Gasteiger partial charge is 0.481 e. The average molecular weight is 415 g/mol. The molecule has 1 fully saturated rings. The highest BCUT2D eigenvalue weighted by Crippen LogP contribution is 2.34. The van der Waals surface area contributed by atoms with Crippen molar-refractivity contribution in [3.05, 3.63) is 35.9 Å². The van der Waals surface area contributed by atoms with Crippen LogP contribution in [0.2, 0.25) is 0 Å². The number of aliphatic hydroxyl groups is 1. The molecule has 2 aromatic heterocycles. The topological polar surface area (TPSA) is 132 Å². The number of carboxylic acids is 1. The number of aliphatic hydroxyl groups excluding tert-OH is 1. The number of aryl methyl sites for hydroxylation is 2. The summed E-state index contributed by atoms with van der Waals surface area (Å²) in [6, 6.07) is 7.96. The Hall–Kier alpha value is -2.78. The number of fused-ring (bicyclic) bond motifs is 1. The number of rotatable bonds is 5. The minimum atomic E-state index is -0.833. The number of unbranched alkanes of at least 4 members (excludes halogenated alkanes) is 1. The van der Waals surface area contributed by atoms with Crippen molar-refractivity contribution in [3.8, 4) is 5.95 Å². The van der Waals surface area contributed by atoms with Crippen LogP contribution in [0.1, 0.15) is 57.1 Å². The second-order valence-electron chi connectivity index (χ2n) is 7.75. The molecule has 4 N–H and O–H groups in total. The van der Waals surface area contributed by atoms with Crippen LogP contribution < -0.4 is 5.73 Å². The van der Waals surface area contributed by atoms with Crippen LogP contribution in [0.25, 0.3) is 17.0 Å². The van der Waals surface area contributed by atoms with Crippen LogP contribution in [0, 0.1) is 6.92 Å². The minimum Gasteiger partial charge on any atom is -0.481 e. The van der Waals surface area contributed by atoms with Gasteiger partial charge >= 0.3 is 0 Å². The fourth-order valence-corrected chi connectivity index (χ4v) is 3.86. The van der Waals surface area contributed by atoms with Gasteiger partial charge in [-0.15, -0.1) is 5.10 Å². The van der Waals surface area contributed by atoms with Crippen LogP contribution in [0.15, 0.2) is 24.3 Å². The molecule has 0 radical (unpaired) electrons. The van der Waals surface area contributed by atoms with E-state index < -0.39 is 12.1 Å². The van der Waals surface area contributed by atoms with Crippen molar-refractivity contribution in [2.75, 3.05) is 0 Å². The van der Waals surface area contributed by atoms with Crippen molar-refractivity contribution >= 4 is 17.0 Å². The molecule has 1 saturated carbocycles. The number of para-hydroxylation sites is 2. The summed E-state index contributed by atoms with van der Waals surface area (Å²) in [6.07, 6.45) is 3.04. The Labute approximate surface area is 175 Å². The zero-order valence-electron chi connectivity index (χ0n) is 17.7. The Balaban J connectivity index is 0.000000589. The Morgan fingerprint density at radius 3 is 2.60 bits per heavy atom. The van der Waals surface area contributed by atoms with Crippen LogP contribution in [0.5, 0.6) is 0 Å². The molecule has 1 aromatic carbocycles. The summed E-state index contributed by atoms with van der Waals surface area (Å²) < 4.78 is 4.09. The Kier molecular flexibility index (Phi) is 6.84. The molecule has 0 bridgehead atoms. The summed E-state index contributed by atoms with van der Waals surface area (Å²) in [7, 11) is 0. The van der Waals surface area contributed by atoms with E-state index >= 15 is 0 Å². The summed E-state index contributed by atoms with van der Waals surface area (Å²) >= 11 is 0. The fraction of sp³-hybridized carbons (Fsp3) is 0.524. The highest BCUT2D eigenvalue weighted by atomic mass is 16.4. The monoisotopic (exact) mass is 414 g/mol. The molecule has 1 aliphatic carbocycles. The molecule has 0 aliphatic heterocycles.